The fraction of sp³-hybridized carbons (Fsp3) is 0.400. The van der Waals surface area contributed by atoms with Gasteiger partial charge in [0.25, 0.3) is 0 Å². The second kappa shape index (κ2) is 6.64. The smallest absolute Gasteiger partial charge is 0.131 e. The van der Waals surface area contributed by atoms with Gasteiger partial charge in [-0.2, -0.15) is 5.10 Å². The van der Waals surface area contributed by atoms with Crippen molar-refractivity contribution in [1.29, 1.82) is 0 Å². The normalized spacial score (nSPS) is 10.8. The second-order valence-electron chi connectivity index (χ2n) is 4.56. The van der Waals surface area contributed by atoms with E-state index in [4.69, 9.17) is 16.3 Å². The van der Waals surface area contributed by atoms with Crippen molar-refractivity contribution in [2.75, 3.05) is 0 Å². The number of benzene rings is 1. The van der Waals surface area contributed by atoms with Gasteiger partial charge in [0.05, 0.1) is 15.9 Å². The number of ether oxygens (including phenoxy) is 1. The first-order chi connectivity index (χ1) is 9.56. The minimum atomic E-state index is 0.486. The number of hydrogen-bond acceptors (Lipinski definition) is 2. The first-order valence-electron chi connectivity index (χ1n) is 6.69. The van der Waals surface area contributed by atoms with Gasteiger partial charge in [0, 0.05) is 11.6 Å². The molecule has 3 nitrogen and oxygen atoms in total. The number of rotatable bonds is 5. The first-order valence-corrected chi connectivity index (χ1v) is 7.86. The van der Waals surface area contributed by atoms with E-state index < -0.39 is 0 Å². The van der Waals surface area contributed by atoms with Crippen molar-refractivity contribution in [3.05, 3.63) is 44.6 Å². The summed E-state index contributed by atoms with van der Waals surface area (Å²) in [4.78, 5) is 0. The second-order valence-corrected chi connectivity index (χ2v) is 5.76. The molecular weight excluding hydrogens is 340 g/mol. The highest BCUT2D eigenvalue weighted by molar-refractivity contribution is 9.10. The quantitative estimate of drug-likeness (QED) is 0.771. The van der Waals surface area contributed by atoms with Gasteiger partial charge in [-0.05, 0) is 60.0 Å². The summed E-state index contributed by atoms with van der Waals surface area (Å²) in [5.74, 6) is 0.833. The molecule has 1 aromatic carbocycles. The average molecular weight is 358 g/mol. The maximum absolute atomic E-state index is 6.11. The predicted molar refractivity (Wildman–Crippen MR) is 85.5 cm³/mol. The third kappa shape index (κ3) is 3.18. The molecule has 0 atom stereocenters. The van der Waals surface area contributed by atoms with Gasteiger partial charge in [0.1, 0.15) is 12.4 Å². The summed E-state index contributed by atoms with van der Waals surface area (Å²) in [6.07, 6.45) is 0.895. The lowest BCUT2D eigenvalue weighted by Crippen LogP contribution is -2.06. The fourth-order valence-electron chi connectivity index (χ4n) is 2.07. The van der Waals surface area contributed by atoms with Gasteiger partial charge in [-0.15, -0.1) is 0 Å². The highest BCUT2D eigenvalue weighted by atomic mass is 79.9. The van der Waals surface area contributed by atoms with Gasteiger partial charge in [-0.1, -0.05) is 18.5 Å². The van der Waals surface area contributed by atoms with Gasteiger partial charge in [-0.3, -0.25) is 4.68 Å². The molecule has 108 valence electrons. The van der Waals surface area contributed by atoms with E-state index >= 15 is 0 Å². The van der Waals surface area contributed by atoms with Crippen LogP contribution in [0.15, 0.2) is 22.7 Å². The Morgan fingerprint density at radius 3 is 2.75 bits per heavy atom. The molecule has 0 bridgehead atoms. The molecule has 1 aromatic heterocycles. The van der Waals surface area contributed by atoms with E-state index in [0.29, 0.717) is 6.61 Å². The molecule has 0 saturated heterocycles. The summed E-state index contributed by atoms with van der Waals surface area (Å²) in [5, 5.41) is 5.24. The van der Waals surface area contributed by atoms with Gasteiger partial charge in [0.15, 0.2) is 0 Å². The first kappa shape index (κ1) is 15.4. The largest absolute Gasteiger partial charge is 0.487 e. The fourth-order valence-corrected chi connectivity index (χ4v) is 2.72. The van der Waals surface area contributed by atoms with Gasteiger partial charge in [0.2, 0.25) is 0 Å². The van der Waals surface area contributed by atoms with Crippen LogP contribution in [0.4, 0.5) is 0 Å². The Labute approximate surface area is 133 Å². The molecule has 0 unspecified atom stereocenters. The minimum Gasteiger partial charge on any atom is -0.487 e. The van der Waals surface area contributed by atoms with Gasteiger partial charge in [-0.25, -0.2) is 0 Å². The number of aryl methyl sites for hydroxylation is 3. The Balaban J connectivity index is 2.16. The summed E-state index contributed by atoms with van der Waals surface area (Å²) < 4.78 is 8.85. The molecule has 0 spiro atoms. The molecule has 0 fully saturated rings. The van der Waals surface area contributed by atoms with Crippen molar-refractivity contribution >= 4 is 27.5 Å². The molecule has 0 aliphatic carbocycles. The Morgan fingerprint density at radius 2 is 2.10 bits per heavy atom. The Kier molecular flexibility index (Phi) is 5.11. The predicted octanol–water partition coefficient (Wildman–Crippen LogP) is 4.77. The maximum atomic E-state index is 6.11. The third-order valence-corrected chi connectivity index (χ3v) is 4.63. The standard InChI is InChI=1S/C15H18BrClN2O/c1-4-11-8-12(6-7-13(11)17)20-9-14-15(16)10(3)18-19(14)5-2/h6-8H,4-5,9H2,1-3H3. The average Bonchev–Trinajstić information content (AvgIpc) is 2.73. The van der Waals surface area contributed by atoms with Crippen LogP contribution >= 0.6 is 27.5 Å². The number of nitrogens with zero attached hydrogens (tertiary/aromatic N) is 2. The molecule has 0 N–H and O–H groups in total. The number of aromatic nitrogens is 2. The number of hydrogen-bond donors (Lipinski definition) is 0. The van der Waals surface area contributed by atoms with Gasteiger partial charge >= 0.3 is 0 Å². The van der Waals surface area contributed by atoms with E-state index in [1.807, 2.05) is 29.8 Å². The van der Waals surface area contributed by atoms with E-state index in [9.17, 15) is 0 Å². The Hall–Kier alpha value is -1.00. The van der Waals surface area contributed by atoms with E-state index in [-0.39, 0.29) is 0 Å². The van der Waals surface area contributed by atoms with Crippen molar-refractivity contribution in [2.24, 2.45) is 0 Å². The van der Waals surface area contributed by atoms with E-state index in [1.54, 1.807) is 0 Å². The molecular formula is C15H18BrClN2O. The van der Waals surface area contributed by atoms with Crippen molar-refractivity contribution < 1.29 is 4.74 Å². The molecule has 0 amide bonds. The topological polar surface area (TPSA) is 27.1 Å². The monoisotopic (exact) mass is 356 g/mol. The van der Waals surface area contributed by atoms with Crippen LogP contribution in [0.25, 0.3) is 0 Å². The Bertz CT molecular complexity index is 610. The molecule has 20 heavy (non-hydrogen) atoms. The van der Waals surface area contributed by atoms with E-state index in [2.05, 4.69) is 34.9 Å². The molecule has 0 aliphatic rings. The molecule has 0 aliphatic heterocycles. The zero-order valence-corrected chi connectivity index (χ0v) is 14.3. The van der Waals surface area contributed by atoms with Crippen LogP contribution in [-0.2, 0) is 19.6 Å². The molecule has 1 heterocycles. The van der Waals surface area contributed by atoms with E-state index in [1.165, 1.54) is 0 Å². The summed E-state index contributed by atoms with van der Waals surface area (Å²) in [7, 11) is 0. The number of halogens is 2. The van der Waals surface area contributed by atoms with Gasteiger partial charge < -0.3 is 4.74 Å². The lowest BCUT2D eigenvalue weighted by atomic mass is 10.1. The zero-order chi connectivity index (χ0) is 14.7. The molecule has 2 aromatic rings. The van der Waals surface area contributed by atoms with Crippen LogP contribution in [0.1, 0.15) is 30.8 Å². The highest BCUT2D eigenvalue weighted by Gasteiger charge is 2.12. The van der Waals surface area contributed by atoms with Crippen LogP contribution in [-0.4, -0.2) is 9.78 Å². The highest BCUT2D eigenvalue weighted by Crippen LogP contribution is 2.25. The van der Waals surface area contributed by atoms with Crippen LogP contribution in [0.5, 0.6) is 5.75 Å². The third-order valence-electron chi connectivity index (χ3n) is 3.23. The van der Waals surface area contributed by atoms with Crippen molar-refractivity contribution in [3.8, 4) is 5.75 Å². The van der Waals surface area contributed by atoms with Crippen molar-refractivity contribution in [3.63, 3.8) is 0 Å². The molecule has 5 heteroatoms. The molecule has 0 radical (unpaired) electrons. The van der Waals surface area contributed by atoms with Crippen LogP contribution in [0.2, 0.25) is 5.02 Å². The summed E-state index contributed by atoms with van der Waals surface area (Å²) in [5.41, 5.74) is 3.14. The van der Waals surface area contributed by atoms with E-state index in [0.717, 1.165) is 45.2 Å². The SMILES string of the molecule is CCc1cc(OCc2c(Br)c(C)nn2CC)ccc1Cl. The van der Waals surface area contributed by atoms with Crippen LogP contribution < -0.4 is 4.74 Å². The Morgan fingerprint density at radius 1 is 1.35 bits per heavy atom. The summed E-state index contributed by atoms with van der Waals surface area (Å²) in [6.45, 7) is 7.44. The zero-order valence-electron chi connectivity index (χ0n) is 11.9. The van der Waals surface area contributed by atoms with Crippen molar-refractivity contribution in [2.45, 2.75) is 40.3 Å². The lowest BCUT2D eigenvalue weighted by Gasteiger charge is -2.10. The minimum absolute atomic E-state index is 0.486. The lowest BCUT2D eigenvalue weighted by molar-refractivity contribution is 0.291. The van der Waals surface area contributed by atoms with Crippen molar-refractivity contribution in [1.82, 2.24) is 9.78 Å². The summed E-state index contributed by atoms with van der Waals surface area (Å²) in [6, 6.07) is 5.78. The summed E-state index contributed by atoms with van der Waals surface area (Å²) >= 11 is 9.68. The maximum Gasteiger partial charge on any atom is 0.131 e. The molecule has 0 saturated carbocycles. The molecule has 2 rings (SSSR count). The van der Waals surface area contributed by atoms with Crippen LogP contribution in [0.3, 0.4) is 0 Å². The van der Waals surface area contributed by atoms with Crippen LogP contribution in [0, 0.1) is 6.92 Å².